The largest absolute Gasteiger partial charge is 0.566 e. The molecule has 0 saturated carbocycles. The summed E-state index contributed by atoms with van der Waals surface area (Å²) in [6.07, 6.45) is -0.112. The monoisotopic (exact) mass is 787 g/mol. The van der Waals surface area contributed by atoms with Crippen molar-refractivity contribution < 1.29 is 47.0 Å². The summed E-state index contributed by atoms with van der Waals surface area (Å²) in [5, 5.41) is 2.51. The first kappa shape index (κ1) is 41.9. The second-order valence-corrected chi connectivity index (χ2v) is 13.5. The van der Waals surface area contributed by atoms with Gasteiger partial charge in [-0.1, -0.05) is 54.6 Å². The van der Waals surface area contributed by atoms with E-state index in [-0.39, 0.29) is 24.6 Å². The number of amides is 1. The van der Waals surface area contributed by atoms with Gasteiger partial charge in [0.1, 0.15) is 41.4 Å². The molecule has 0 bridgehead atoms. The number of nitrogens with one attached hydrogen (secondary N) is 2. The van der Waals surface area contributed by atoms with Gasteiger partial charge < -0.3 is 38.5 Å². The summed E-state index contributed by atoms with van der Waals surface area (Å²) in [6, 6.07) is 28.9. The van der Waals surface area contributed by atoms with Gasteiger partial charge in [-0.2, -0.15) is 4.98 Å². The number of nitrogens with zero attached hydrogens (tertiary/aromatic N) is 2. The number of hydrogen-bond donors (Lipinski definition) is 2. The van der Waals surface area contributed by atoms with Crippen LogP contribution in [0.2, 0.25) is 0 Å². The van der Waals surface area contributed by atoms with Gasteiger partial charge in [0.2, 0.25) is 0 Å². The quantitative estimate of drug-likeness (QED) is 0.105. The van der Waals surface area contributed by atoms with Crippen molar-refractivity contribution in [1.29, 1.82) is 0 Å². The lowest BCUT2D eigenvalue weighted by atomic mass is 9.80. The number of carbonyl (C=O) groups excluding carboxylic acids is 1. The highest BCUT2D eigenvalue weighted by atomic mass is 31.1. The maximum absolute atomic E-state index is 13.1. The summed E-state index contributed by atoms with van der Waals surface area (Å²) in [6.45, 7) is 10.3. The van der Waals surface area contributed by atoms with E-state index in [1.54, 1.807) is 25.2 Å². The van der Waals surface area contributed by atoms with E-state index in [0.717, 1.165) is 16.7 Å². The van der Waals surface area contributed by atoms with E-state index in [1.165, 1.54) is 48.8 Å². The second-order valence-electron chi connectivity index (χ2n) is 12.8. The Morgan fingerprint density at radius 3 is 1.96 bits per heavy atom. The first-order valence-electron chi connectivity index (χ1n) is 18.4. The molecule has 0 spiro atoms. The predicted molar refractivity (Wildman–Crippen MR) is 207 cm³/mol. The number of benzene rings is 3. The molecule has 3 aromatic carbocycles. The van der Waals surface area contributed by atoms with Crippen molar-refractivity contribution >= 4 is 20.0 Å². The fourth-order valence-electron chi connectivity index (χ4n) is 6.56. The van der Waals surface area contributed by atoms with Crippen LogP contribution in [0.1, 0.15) is 60.7 Å². The van der Waals surface area contributed by atoms with Crippen molar-refractivity contribution in [2.24, 2.45) is 0 Å². The molecule has 1 aliphatic rings. The van der Waals surface area contributed by atoms with Crippen molar-refractivity contribution in [3.8, 4) is 11.5 Å². The summed E-state index contributed by atoms with van der Waals surface area (Å²) < 4.78 is 47.4. The third kappa shape index (κ3) is 10.1. The van der Waals surface area contributed by atoms with Crippen LogP contribution >= 0.6 is 8.25 Å². The number of carbonyl (C=O) groups is 1. The summed E-state index contributed by atoms with van der Waals surface area (Å²) in [5.74, 6) is 0.784. The number of hydrogen-bond acceptors (Lipinski definition) is 11. The Balaban J connectivity index is 0.000000784. The normalized spacial score (nSPS) is 16.8. The van der Waals surface area contributed by atoms with Crippen LogP contribution in [-0.2, 0) is 24.2 Å². The molecule has 3 heterocycles. The topological polar surface area (TPSA) is 168 Å². The minimum absolute atomic E-state index is 0.000433. The van der Waals surface area contributed by atoms with E-state index in [1.807, 2.05) is 78.9 Å². The zero-order chi connectivity index (χ0) is 40.1. The van der Waals surface area contributed by atoms with E-state index < -0.39 is 43.9 Å². The van der Waals surface area contributed by atoms with E-state index in [0.29, 0.717) is 11.5 Å². The number of anilines is 1. The minimum atomic E-state index is -3.27. The van der Waals surface area contributed by atoms with Crippen LogP contribution in [0.15, 0.2) is 119 Å². The average molecular weight is 788 g/mol. The SMILES string of the molecule is CC[NH+](CC)CC.COc1ccc(C(OC[C@H]2O[C@@H](n3ccc(NC(=O)c4ccco4)nc3=O)C[C@@H]2O[P+](=O)[O-])(c2ccccc2)c2ccc(OC)cc2)cc1. The van der Waals surface area contributed by atoms with E-state index in [9.17, 15) is 19.0 Å². The van der Waals surface area contributed by atoms with Crippen molar-refractivity contribution in [1.82, 2.24) is 9.55 Å². The van der Waals surface area contributed by atoms with Crippen LogP contribution in [0.4, 0.5) is 5.82 Å². The highest BCUT2D eigenvalue weighted by Crippen LogP contribution is 2.43. The van der Waals surface area contributed by atoms with Crippen molar-refractivity contribution in [2.75, 3.05) is 45.8 Å². The van der Waals surface area contributed by atoms with Crippen molar-refractivity contribution in [3.63, 3.8) is 0 Å². The highest BCUT2D eigenvalue weighted by molar-refractivity contribution is 7.30. The molecule has 1 amide bonds. The van der Waals surface area contributed by atoms with Gasteiger partial charge in [0.15, 0.2) is 5.76 Å². The Morgan fingerprint density at radius 2 is 1.48 bits per heavy atom. The van der Waals surface area contributed by atoms with E-state index >= 15 is 0 Å². The van der Waals surface area contributed by atoms with Crippen molar-refractivity contribution in [3.05, 3.63) is 142 Å². The lowest BCUT2D eigenvalue weighted by Crippen LogP contribution is -3.11. The molecule has 1 aliphatic heterocycles. The zero-order valence-electron chi connectivity index (χ0n) is 32.1. The number of ether oxygens (including phenoxy) is 4. The molecule has 56 heavy (non-hydrogen) atoms. The lowest BCUT2D eigenvalue weighted by molar-refractivity contribution is -0.894. The molecule has 15 heteroatoms. The van der Waals surface area contributed by atoms with Crippen LogP contribution in [0.5, 0.6) is 11.5 Å². The maximum Gasteiger partial charge on any atom is 0.488 e. The van der Waals surface area contributed by atoms with Crippen LogP contribution in [0, 0.1) is 0 Å². The van der Waals surface area contributed by atoms with Gasteiger partial charge in [-0.05, 0) is 84.5 Å². The lowest BCUT2D eigenvalue weighted by Gasteiger charge is -2.37. The Hall–Kier alpha value is -5.21. The van der Waals surface area contributed by atoms with Crippen LogP contribution in [-0.4, -0.2) is 68.1 Å². The fraction of sp³-hybridized carbons (Fsp3) is 0.341. The minimum Gasteiger partial charge on any atom is -0.566 e. The number of quaternary nitrogens is 1. The summed E-state index contributed by atoms with van der Waals surface area (Å²) in [7, 11) is -0.105. The predicted octanol–water partition coefficient (Wildman–Crippen LogP) is 4.74. The molecule has 1 unspecified atom stereocenters. The highest BCUT2D eigenvalue weighted by Gasteiger charge is 2.45. The Bertz CT molecular complexity index is 1990. The number of methoxy groups -OCH3 is 2. The number of furan rings is 1. The van der Waals surface area contributed by atoms with Crippen molar-refractivity contribution in [2.45, 2.75) is 51.2 Å². The smallest absolute Gasteiger partial charge is 0.488 e. The van der Waals surface area contributed by atoms with E-state index in [4.69, 9.17) is 27.9 Å². The molecular weight excluding hydrogens is 739 g/mol. The third-order valence-electron chi connectivity index (χ3n) is 9.67. The first-order valence-corrected chi connectivity index (χ1v) is 19.5. The molecule has 4 atom stereocenters. The number of aromatic nitrogens is 2. The second kappa shape index (κ2) is 20.1. The molecule has 0 aliphatic carbocycles. The molecule has 1 fully saturated rings. The van der Waals surface area contributed by atoms with Gasteiger partial charge in [-0.15, -0.1) is 4.52 Å². The zero-order valence-corrected chi connectivity index (χ0v) is 33.0. The molecule has 2 N–H and O–H groups in total. The molecule has 296 valence electrons. The van der Waals surface area contributed by atoms with E-state index in [2.05, 4.69) is 31.1 Å². The molecular formula is C41H48N4O10P+. The first-order chi connectivity index (χ1) is 27.1. The van der Waals surface area contributed by atoms with Gasteiger partial charge in [0, 0.05) is 12.6 Å². The standard InChI is InChI=1S/C35H32N3O10P.C6H15N/c1-43-26-14-10-24(11-15-26)35(23-7-4-3-5-8-23,25-12-16-27(44-2)17-13-25)46-22-30-29(48-49(41)42)21-32(47-30)38-19-18-31(37-34(38)40)36-33(39)28-9-6-20-45-28;1-4-7(5-2)6-3/h3-20,29-30,32H,21-22H2,1-2H3,(H,36,37,39,40);4-6H2,1-3H3/p+1/t29-,30+,32+;/m0./s1. The van der Waals surface area contributed by atoms with Gasteiger partial charge >= 0.3 is 13.9 Å². The average Bonchev–Trinajstić information content (AvgIpc) is 3.91. The van der Waals surface area contributed by atoms with Crippen LogP contribution in [0.25, 0.3) is 0 Å². The van der Waals surface area contributed by atoms with Gasteiger partial charge in [-0.25, -0.2) is 4.79 Å². The Labute approximate surface area is 326 Å². The fourth-order valence-corrected chi connectivity index (χ4v) is 7.00. The molecule has 5 aromatic rings. The molecule has 0 radical (unpaired) electrons. The Morgan fingerprint density at radius 1 is 0.893 bits per heavy atom. The number of rotatable bonds is 16. The summed E-state index contributed by atoms with van der Waals surface area (Å²) in [5.41, 5.74) is 0.375. The van der Waals surface area contributed by atoms with Crippen LogP contribution < -0.4 is 30.3 Å². The van der Waals surface area contributed by atoms with Gasteiger partial charge in [0.05, 0.1) is 46.7 Å². The van der Waals surface area contributed by atoms with Gasteiger partial charge in [-0.3, -0.25) is 9.36 Å². The van der Waals surface area contributed by atoms with Gasteiger partial charge in [0.25, 0.3) is 5.91 Å². The molecule has 2 aromatic heterocycles. The summed E-state index contributed by atoms with van der Waals surface area (Å²) in [4.78, 5) is 42.9. The third-order valence-corrected chi connectivity index (χ3v) is 10.1. The summed E-state index contributed by atoms with van der Waals surface area (Å²) >= 11 is 0. The molecule has 6 rings (SSSR count). The Kier molecular flexibility index (Phi) is 15.1. The molecule has 1 saturated heterocycles. The maximum atomic E-state index is 13.1. The van der Waals surface area contributed by atoms with Crippen LogP contribution in [0.3, 0.4) is 0 Å². The molecule has 14 nitrogen and oxygen atoms in total.